The number of allylic oxidation sites excluding steroid dienone is 2. The molecule has 0 saturated carbocycles. The van der Waals surface area contributed by atoms with Crippen molar-refractivity contribution in [3.63, 3.8) is 0 Å². The molecule has 0 aromatic carbocycles. The maximum Gasteiger partial charge on any atom is 0.0357 e. The predicted octanol–water partition coefficient (Wildman–Crippen LogP) is 9.19. The third-order valence-corrected chi connectivity index (χ3v) is 6.18. The second kappa shape index (κ2) is 21.0. The smallest absolute Gasteiger partial charge is 0.0357 e. The van der Waals surface area contributed by atoms with Crippen LogP contribution in [0.25, 0.3) is 0 Å². The van der Waals surface area contributed by atoms with Gasteiger partial charge in [0.2, 0.25) is 0 Å². The van der Waals surface area contributed by atoms with Crippen LogP contribution in [0.4, 0.5) is 0 Å². The molecule has 0 aromatic heterocycles. The number of rotatable bonds is 21. The van der Waals surface area contributed by atoms with Gasteiger partial charge in [0.25, 0.3) is 0 Å². The zero-order valence-corrected chi connectivity index (χ0v) is 19.3. The highest BCUT2D eigenvalue weighted by Crippen LogP contribution is 2.15. The first kappa shape index (κ1) is 25.3. The Morgan fingerprint density at radius 3 is 1.25 bits per heavy atom. The molecule has 1 nitrogen and oxygen atoms in total. The van der Waals surface area contributed by atoms with Crippen molar-refractivity contribution in [3.8, 4) is 0 Å². The Bertz CT molecular complexity index is 357. The fourth-order valence-electron chi connectivity index (χ4n) is 4.24. The van der Waals surface area contributed by atoms with Gasteiger partial charge in [0.05, 0.1) is 0 Å². The van der Waals surface area contributed by atoms with Gasteiger partial charge >= 0.3 is 0 Å². The van der Waals surface area contributed by atoms with Crippen LogP contribution in [0.3, 0.4) is 0 Å². The number of unbranched alkanes of at least 4 members (excludes halogenated alkanes) is 19. The van der Waals surface area contributed by atoms with Gasteiger partial charge in [-0.05, 0) is 18.7 Å². The molecule has 1 heterocycles. The summed E-state index contributed by atoms with van der Waals surface area (Å²) in [6.07, 6.45) is 37.9. The van der Waals surface area contributed by atoms with Crippen LogP contribution in [0.5, 0.6) is 0 Å². The number of nitrogens with zero attached hydrogens (tertiary/aromatic N) is 1. The summed E-state index contributed by atoms with van der Waals surface area (Å²) in [4.78, 5) is 2.43. The van der Waals surface area contributed by atoms with Crippen molar-refractivity contribution < 1.29 is 0 Å². The SMILES string of the molecule is CCCCCCCCCCCCCCCCCCCCCCN1C=CC=CC1. The molecule has 1 aliphatic heterocycles. The summed E-state index contributed by atoms with van der Waals surface area (Å²) in [5.41, 5.74) is 0. The molecule has 0 saturated heterocycles. The Hall–Kier alpha value is -0.720. The molecule has 1 heteroatoms. The topological polar surface area (TPSA) is 3.24 Å². The Morgan fingerprint density at radius 2 is 0.893 bits per heavy atom. The molecule has 28 heavy (non-hydrogen) atoms. The summed E-state index contributed by atoms with van der Waals surface area (Å²) >= 11 is 0. The lowest BCUT2D eigenvalue weighted by Gasteiger charge is -2.20. The van der Waals surface area contributed by atoms with Gasteiger partial charge in [0, 0.05) is 13.1 Å². The Morgan fingerprint density at radius 1 is 0.500 bits per heavy atom. The molecule has 0 fully saturated rings. The Kier molecular flexibility index (Phi) is 19.0. The van der Waals surface area contributed by atoms with Gasteiger partial charge in [-0.2, -0.15) is 0 Å². The summed E-state index contributed by atoms with van der Waals surface area (Å²) in [6, 6.07) is 0. The fourth-order valence-corrected chi connectivity index (χ4v) is 4.24. The molecule has 164 valence electrons. The average molecular weight is 390 g/mol. The van der Waals surface area contributed by atoms with Crippen LogP contribution in [-0.2, 0) is 0 Å². The third-order valence-electron chi connectivity index (χ3n) is 6.18. The molecule has 0 aliphatic carbocycles. The van der Waals surface area contributed by atoms with E-state index in [2.05, 4.69) is 36.3 Å². The second-order valence-corrected chi connectivity index (χ2v) is 8.98. The number of hydrogen-bond acceptors (Lipinski definition) is 1. The monoisotopic (exact) mass is 389 g/mol. The van der Waals surface area contributed by atoms with Gasteiger partial charge in [0.15, 0.2) is 0 Å². The van der Waals surface area contributed by atoms with E-state index in [0.717, 1.165) is 6.54 Å². The molecule has 0 N–H and O–H groups in total. The summed E-state index contributed by atoms with van der Waals surface area (Å²) < 4.78 is 0. The average Bonchev–Trinajstić information content (AvgIpc) is 2.73. The third kappa shape index (κ3) is 17.4. The van der Waals surface area contributed by atoms with E-state index in [1.807, 2.05) is 0 Å². The van der Waals surface area contributed by atoms with Gasteiger partial charge in [-0.1, -0.05) is 141 Å². The van der Waals surface area contributed by atoms with Gasteiger partial charge < -0.3 is 4.90 Å². The van der Waals surface area contributed by atoms with E-state index in [0.29, 0.717) is 0 Å². The molecule has 0 atom stereocenters. The molecular formula is C27H51N. The predicted molar refractivity (Wildman–Crippen MR) is 128 cm³/mol. The van der Waals surface area contributed by atoms with E-state index in [-0.39, 0.29) is 0 Å². The van der Waals surface area contributed by atoms with E-state index in [1.165, 1.54) is 135 Å². The van der Waals surface area contributed by atoms with Crippen LogP contribution in [-0.4, -0.2) is 18.0 Å². The van der Waals surface area contributed by atoms with Crippen molar-refractivity contribution >= 4 is 0 Å². The highest BCUT2D eigenvalue weighted by molar-refractivity contribution is 5.08. The lowest BCUT2D eigenvalue weighted by atomic mass is 10.0. The lowest BCUT2D eigenvalue weighted by Crippen LogP contribution is -2.19. The van der Waals surface area contributed by atoms with Gasteiger partial charge in [-0.3, -0.25) is 0 Å². The van der Waals surface area contributed by atoms with Crippen molar-refractivity contribution in [3.05, 3.63) is 24.4 Å². The highest BCUT2D eigenvalue weighted by atomic mass is 15.1. The van der Waals surface area contributed by atoms with Crippen LogP contribution in [0.1, 0.15) is 135 Å². The van der Waals surface area contributed by atoms with E-state index in [9.17, 15) is 0 Å². The maximum atomic E-state index is 2.43. The molecule has 0 unspecified atom stereocenters. The van der Waals surface area contributed by atoms with Crippen LogP contribution < -0.4 is 0 Å². The number of hydrogen-bond donors (Lipinski definition) is 0. The minimum absolute atomic E-state index is 1.11. The molecule has 0 spiro atoms. The molecule has 0 radical (unpaired) electrons. The first-order valence-corrected chi connectivity index (χ1v) is 13.0. The normalized spacial score (nSPS) is 13.5. The minimum atomic E-state index is 1.11. The molecule has 0 aromatic rings. The molecule has 1 rings (SSSR count). The molecule has 0 amide bonds. The van der Waals surface area contributed by atoms with Crippen molar-refractivity contribution in [1.29, 1.82) is 0 Å². The van der Waals surface area contributed by atoms with Gasteiger partial charge in [0.1, 0.15) is 0 Å². The molecule has 1 aliphatic rings. The zero-order chi connectivity index (χ0) is 20.0. The van der Waals surface area contributed by atoms with Crippen LogP contribution in [0.15, 0.2) is 24.4 Å². The quantitative estimate of drug-likeness (QED) is 0.177. The van der Waals surface area contributed by atoms with E-state index in [4.69, 9.17) is 0 Å². The van der Waals surface area contributed by atoms with Gasteiger partial charge in [-0.25, -0.2) is 0 Å². The minimum Gasteiger partial charge on any atom is -0.374 e. The first-order chi connectivity index (χ1) is 13.9. The zero-order valence-electron chi connectivity index (χ0n) is 19.3. The maximum absolute atomic E-state index is 2.43. The van der Waals surface area contributed by atoms with Crippen LogP contribution in [0.2, 0.25) is 0 Å². The van der Waals surface area contributed by atoms with Crippen molar-refractivity contribution in [2.24, 2.45) is 0 Å². The Balaban J connectivity index is 1.65. The van der Waals surface area contributed by atoms with Crippen molar-refractivity contribution in [1.82, 2.24) is 4.90 Å². The molecule has 0 bridgehead atoms. The largest absolute Gasteiger partial charge is 0.374 e. The summed E-state index contributed by atoms with van der Waals surface area (Å²) in [6.45, 7) is 4.64. The van der Waals surface area contributed by atoms with E-state index >= 15 is 0 Å². The Labute approximate surface area is 178 Å². The summed E-state index contributed by atoms with van der Waals surface area (Å²) in [7, 11) is 0. The van der Waals surface area contributed by atoms with Crippen molar-refractivity contribution in [2.45, 2.75) is 135 Å². The highest BCUT2D eigenvalue weighted by Gasteiger charge is 1.99. The fraction of sp³-hybridized carbons (Fsp3) is 0.852. The molecular weight excluding hydrogens is 338 g/mol. The van der Waals surface area contributed by atoms with E-state index < -0.39 is 0 Å². The second-order valence-electron chi connectivity index (χ2n) is 8.98. The first-order valence-electron chi connectivity index (χ1n) is 13.0. The summed E-state index contributed by atoms with van der Waals surface area (Å²) in [5.74, 6) is 0. The van der Waals surface area contributed by atoms with Gasteiger partial charge in [-0.15, -0.1) is 0 Å². The van der Waals surface area contributed by atoms with Crippen LogP contribution in [0, 0.1) is 0 Å². The van der Waals surface area contributed by atoms with E-state index in [1.54, 1.807) is 0 Å². The van der Waals surface area contributed by atoms with Crippen LogP contribution >= 0.6 is 0 Å². The standard InChI is InChI=1S/C27H51N/c1-2-3-4-5-6-7-8-9-10-11-12-13-14-15-16-17-18-19-20-22-25-28-26-23-21-24-27-28/h21,23-24,26H,2-20,22,25,27H2,1H3. The van der Waals surface area contributed by atoms with Crippen molar-refractivity contribution in [2.75, 3.05) is 13.1 Å². The summed E-state index contributed by atoms with van der Waals surface area (Å²) in [5, 5.41) is 0. The lowest BCUT2D eigenvalue weighted by molar-refractivity contribution is 0.392.